The molecule has 3 heteroatoms. The van der Waals surface area contributed by atoms with Gasteiger partial charge >= 0.3 is 0 Å². The predicted molar refractivity (Wildman–Crippen MR) is 76.3 cm³/mol. The number of anilines is 1. The SMILES string of the molecule is CC1Nc2cc(C(C)(C)C)ccc2OC1CCN. The molecule has 0 radical (unpaired) electrons. The minimum Gasteiger partial charge on any atom is -0.486 e. The summed E-state index contributed by atoms with van der Waals surface area (Å²) in [6, 6.07) is 6.72. The van der Waals surface area contributed by atoms with E-state index in [9.17, 15) is 0 Å². The molecule has 0 fully saturated rings. The van der Waals surface area contributed by atoms with E-state index >= 15 is 0 Å². The average Bonchev–Trinajstić information content (AvgIpc) is 2.28. The van der Waals surface area contributed by atoms with Crippen molar-refractivity contribution in [2.24, 2.45) is 5.73 Å². The molecule has 2 rings (SSSR count). The smallest absolute Gasteiger partial charge is 0.142 e. The summed E-state index contributed by atoms with van der Waals surface area (Å²) in [4.78, 5) is 0. The molecule has 1 aliphatic rings. The average molecular weight is 248 g/mol. The van der Waals surface area contributed by atoms with Gasteiger partial charge in [0.05, 0.1) is 11.7 Å². The maximum Gasteiger partial charge on any atom is 0.142 e. The Bertz CT molecular complexity index is 423. The van der Waals surface area contributed by atoms with Gasteiger partial charge in [0.25, 0.3) is 0 Å². The third-order valence-electron chi connectivity index (χ3n) is 3.52. The van der Waals surface area contributed by atoms with Crippen LogP contribution < -0.4 is 15.8 Å². The third-order valence-corrected chi connectivity index (χ3v) is 3.52. The van der Waals surface area contributed by atoms with Gasteiger partial charge in [-0.3, -0.25) is 0 Å². The summed E-state index contributed by atoms with van der Waals surface area (Å²) in [5.74, 6) is 0.944. The van der Waals surface area contributed by atoms with Gasteiger partial charge in [-0.2, -0.15) is 0 Å². The van der Waals surface area contributed by atoms with Gasteiger partial charge in [-0.25, -0.2) is 0 Å². The highest BCUT2D eigenvalue weighted by Crippen LogP contribution is 2.36. The van der Waals surface area contributed by atoms with Crippen LogP contribution in [0.5, 0.6) is 5.75 Å². The maximum atomic E-state index is 6.01. The fourth-order valence-corrected chi connectivity index (χ4v) is 2.29. The molecule has 3 N–H and O–H groups in total. The van der Waals surface area contributed by atoms with Gasteiger partial charge in [0.15, 0.2) is 0 Å². The molecular weight excluding hydrogens is 224 g/mol. The molecule has 2 unspecified atom stereocenters. The number of nitrogens with one attached hydrogen (secondary N) is 1. The topological polar surface area (TPSA) is 47.3 Å². The van der Waals surface area contributed by atoms with Gasteiger partial charge in [-0.05, 0) is 43.0 Å². The van der Waals surface area contributed by atoms with Crippen LogP contribution in [0.2, 0.25) is 0 Å². The molecule has 0 aromatic heterocycles. The Morgan fingerprint density at radius 1 is 1.33 bits per heavy atom. The standard InChI is InChI=1S/C15H24N2O/c1-10-13(7-8-16)18-14-6-5-11(15(2,3)4)9-12(14)17-10/h5-6,9-10,13,17H,7-8,16H2,1-4H3. The second-order valence-electron chi connectivity index (χ2n) is 6.13. The van der Waals surface area contributed by atoms with E-state index in [0.29, 0.717) is 12.6 Å². The molecule has 0 saturated heterocycles. The lowest BCUT2D eigenvalue weighted by atomic mass is 9.86. The number of ether oxygens (including phenoxy) is 1. The largest absolute Gasteiger partial charge is 0.486 e. The van der Waals surface area contributed by atoms with Crippen LogP contribution >= 0.6 is 0 Å². The number of benzene rings is 1. The van der Waals surface area contributed by atoms with Crippen molar-refractivity contribution in [3.8, 4) is 5.75 Å². The van der Waals surface area contributed by atoms with Gasteiger partial charge in [0, 0.05) is 0 Å². The van der Waals surface area contributed by atoms with Crippen molar-refractivity contribution < 1.29 is 4.74 Å². The van der Waals surface area contributed by atoms with Gasteiger partial charge in [0.1, 0.15) is 11.9 Å². The molecule has 2 atom stereocenters. The van der Waals surface area contributed by atoms with E-state index in [0.717, 1.165) is 17.9 Å². The molecule has 1 aliphatic heterocycles. The number of nitrogens with two attached hydrogens (primary N) is 1. The van der Waals surface area contributed by atoms with Crippen LogP contribution in [0, 0.1) is 0 Å². The minimum atomic E-state index is 0.161. The maximum absolute atomic E-state index is 6.01. The Morgan fingerprint density at radius 3 is 2.67 bits per heavy atom. The lowest BCUT2D eigenvalue weighted by Gasteiger charge is -2.34. The van der Waals surface area contributed by atoms with Crippen molar-refractivity contribution >= 4 is 5.69 Å². The van der Waals surface area contributed by atoms with Crippen molar-refractivity contribution in [2.75, 3.05) is 11.9 Å². The van der Waals surface area contributed by atoms with Crippen molar-refractivity contribution in [2.45, 2.75) is 51.7 Å². The van der Waals surface area contributed by atoms with Crippen LogP contribution in [-0.4, -0.2) is 18.7 Å². The zero-order valence-electron chi connectivity index (χ0n) is 11.8. The first-order valence-corrected chi connectivity index (χ1v) is 6.69. The number of fused-ring (bicyclic) bond motifs is 1. The highest BCUT2D eigenvalue weighted by atomic mass is 16.5. The summed E-state index contributed by atoms with van der Waals surface area (Å²) >= 11 is 0. The van der Waals surface area contributed by atoms with Crippen molar-refractivity contribution in [3.63, 3.8) is 0 Å². The van der Waals surface area contributed by atoms with Crippen LogP contribution in [0.1, 0.15) is 39.7 Å². The first-order chi connectivity index (χ1) is 8.41. The number of hydrogen-bond donors (Lipinski definition) is 2. The quantitative estimate of drug-likeness (QED) is 0.846. The fourth-order valence-electron chi connectivity index (χ4n) is 2.29. The summed E-state index contributed by atoms with van der Waals surface area (Å²) in [7, 11) is 0. The molecule has 0 bridgehead atoms. The lowest BCUT2D eigenvalue weighted by molar-refractivity contribution is 0.167. The molecule has 0 amide bonds. The summed E-state index contributed by atoms with van der Waals surface area (Å²) in [5.41, 5.74) is 8.20. The van der Waals surface area contributed by atoms with Gasteiger partial charge in [0.2, 0.25) is 0 Å². The van der Waals surface area contributed by atoms with E-state index in [-0.39, 0.29) is 11.5 Å². The van der Waals surface area contributed by atoms with Gasteiger partial charge in [-0.15, -0.1) is 0 Å². The Labute approximate surface area is 110 Å². The lowest BCUT2D eigenvalue weighted by Crippen LogP contribution is -2.40. The Hall–Kier alpha value is -1.22. The normalized spacial score (nSPS) is 22.9. The van der Waals surface area contributed by atoms with Crippen LogP contribution in [0.25, 0.3) is 0 Å². The Balaban J connectivity index is 2.26. The van der Waals surface area contributed by atoms with E-state index in [1.807, 2.05) is 0 Å². The molecule has 100 valence electrons. The molecular formula is C15H24N2O. The Morgan fingerprint density at radius 2 is 2.06 bits per heavy atom. The second kappa shape index (κ2) is 4.81. The zero-order valence-corrected chi connectivity index (χ0v) is 11.8. The molecule has 0 spiro atoms. The van der Waals surface area contributed by atoms with E-state index in [2.05, 4.69) is 51.2 Å². The summed E-state index contributed by atoms with van der Waals surface area (Å²) < 4.78 is 6.01. The van der Waals surface area contributed by atoms with E-state index < -0.39 is 0 Å². The molecule has 3 nitrogen and oxygen atoms in total. The van der Waals surface area contributed by atoms with E-state index in [1.165, 1.54) is 5.56 Å². The van der Waals surface area contributed by atoms with Crippen molar-refractivity contribution in [1.29, 1.82) is 0 Å². The number of hydrogen-bond acceptors (Lipinski definition) is 3. The van der Waals surface area contributed by atoms with Crippen LogP contribution in [-0.2, 0) is 5.41 Å². The third kappa shape index (κ3) is 2.61. The minimum absolute atomic E-state index is 0.161. The molecule has 1 aromatic carbocycles. The van der Waals surface area contributed by atoms with E-state index in [4.69, 9.17) is 10.5 Å². The summed E-state index contributed by atoms with van der Waals surface area (Å²) in [5, 5.41) is 3.53. The molecule has 0 saturated carbocycles. The zero-order chi connectivity index (χ0) is 13.3. The summed E-state index contributed by atoms with van der Waals surface area (Å²) in [6.45, 7) is 9.47. The highest BCUT2D eigenvalue weighted by molar-refractivity contribution is 5.61. The van der Waals surface area contributed by atoms with Crippen LogP contribution in [0.3, 0.4) is 0 Å². The van der Waals surface area contributed by atoms with Crippen molar-refractivity contribution in [3.05, 3.63) is 23.8 Å². The Kier molecular flexibility index (Phi) is 3.53. The monoisotopic (exact) mass is 248 g/mol. The fraction of sp³-hybridized carbons (Fsp3) is 0.600. The molecule has 1 heterocycles. The highest BCUT2D eigenvalue weighted by Gasteiger charge is 2.26. The van der Waals surface area contributed by atoms with Gasteiger partial charge in [-0.1, -0.05) is 26.8 Å². The molecule has 18 heavy (non-hydrogen) atoms. The van der Waals surface area contributed by atoms with Crippen molar-refractivity contribution in [1.82, 2.24) is 0 Å². The first-order valence-electron chi connectivity index (χ1n) is 6.69. The van der Waals surface area contributed by atoms with Crippen LogP contribution in [0.4, 0.5) is 5.69 Å². The number of rotatable bonds is 2. The van der Waals surface area contributed by atoms with Gasteiger partial charge < -0.3 is 15.8 Å². The first kappa shape index (κ1) is 13.2. The predicted octanol–water partition coefficient (Wildman–Crippen LogP) is 2.89. The second-order valence-corrected chi connectivity index (χ2v) is 6.13. The van der Waals surface area contributed by atoms with Crippen LogP contribution in [0.15, 0.2) is 18.2 Å². The van der Waals surface area contributed by atoms with E-state index in [1.54, 1.807) is 0 Å². The molecule has 0 aliphatic carbocycles. The molecule has 1 aromatic rings. The summed E-state index contributed by atoms with van der Waals surface area (Å²) in [6.07, 6.45) is 1.05.